The standard InChI is InChI=1S/C11H15NO2S/c1-11(14,9-3-2-6-15-9)7-12-10(13)8-4-5-8/h2-3,6,8,14H,4-5,7H2,1H3,(H,12,13). The number of hydrogen-bond donors (Lipinski definition) is 2. The van der Waals surface area contributed by atoms with Crippen molar-refractivity contribution in [2.75, 3.05) is 6.54 Å². The lowest BCUT2D eigenvalue weighted by molar-refractivity contribution is -0.123. The Bertz CT molecular complexity index is 341. The molecular weight excluding hydrogens is 210 g/mol. The van der Waals surface area contributed by atoms with Crippen LogP contribution in [0.1, 0.15) is 24.6 Å². The van der Waals surface area contributed by atoms with Gasteiger partial charge in [0.05, 0.1) is 6.54 Å². The van der Waals surface area contributed by atoms with Crippen molar-refractivity contribution in [1.82, 2.24) is 5.32 Å². The van der Waals surface area contributed by atoms with Gasteiger partial charge in [-0.1, -0.05) is 6.07 Å². The average Bonchev–Trinajstić information content (AvgIpc) is 2.89. The van der Waals surface area contributed by atoms with E-state index in [0.717, 1.165) is 17.7 Å². The van der Waals surface area contributed by atoms with Crippen molar-refractivity contribution in [2.45, 2.75) is 25.4 Å². The molecule has 1 fully saturated rings. The zero-order valence-corrected chi connectivity index (χ0v) is 9.51. The molecule has 1 aliphatic carbocycles. The quantitative estimate of drug-likeness (QED) is 0.815. The van der Waals surface area contributed by atoms with Gasteiger partial charge in [-0.05, 0) is 31.2 Å². The number of hydrogen-bond acceptors (Lipinski definition) is 3. The first-order valence-corrected chi connectivity index (χ1v) is 6.01. The molecule has 1 aliphatic rings. The molecular formula is C11H15NO2S. The first kappa shape index (κ1) is 10.6. The first-order chi connectivity index (χ1) is 7.09. The monoisotopic (exact) mass is 225 g/mol. The SMILES string of the molecule is CC(O)(CNC(=O)C1CC1)c1cccs1. The van der Waals surface area contributed by atoms with Crippen molar-refractivity contribution < 1.29 is 9.90 Å². The summed E-state index contributed by atoms with van der Waals surface area (Å²) in [5.74, 6) is 0.274. The van der Waals surface area contributed by atoms with Crippen LogP contribution in [0.4, 0.5) is 0 Å². The van der Waals surface area contributed by atoms with E-state index >= 15 is 0 Å². The molecule has 3 nitrogen and oxygen atoms in total. The fraction of sp³-hybridized carbons (Fsp3) is 0.545. The van der Waals surface area contributed by atoms with Crippen molar-refractivity contribution in [1.29, 1.82) is 0 Å². The van der Waals surface area contributed by atoms with Gasteiger partial charge in [0, 0.05) is 10.8 Å². The first-order valence-electron chi connectivity index (χ1n) is 5.14. The Morgan fingerprint density at radius 1 is 1.73 bits per heavy atom. The number of thiophene rings is 1. The largest absolute Gasteiger partial charge is 0.383 e. The summed E-state index contributed by atoms with van der Waals surface area (Å²) in [4.78, 5) is 12.3. The maximum atomic E-state index is 11.4. The van der Waals surface area contributed by atoms with Crippen LogP contribution in [0.25, 0.3) is 0 Å². The summed E-state index contributed by atoms with van der Waals surface area (Å²) in [5, 5.41) is 14.8. The van der Waals surface area contributed by atoms with Gasteiger partial charge in [0.1, 0.15) is 5.60 Å². The van der Waals surface area contributed by atoms with Gasteiger partial charge in [-0.2, -0.15) is 0 Å². The minimum Gasteiger partial charge on any atom is -0.383 e. The summed E-state index contributed by atoms with van der Waals surface area (Å²) >= 11 is 1.50. The van der Waals surface area contributed by atoms with E-state index < -0.39 is 5.60 Å². The van der Waals surface area contributed by atoms with Gasteiger partial charge in [-0.25, -0.2) is 0 Å². The van der Waals surface area contributed by atoms with Gasteiger partial charge < -0.3 is 10.4 Å². The summed E-state index contributed by atoms with van der Waals surface area (Å²) in [7, 11) is 0. The van der Waals surface area contributed by atoms with Crippen LogP contribution < -0.4 is 5.32 Å². The molecule has 4 heteroatoms. The van der Waals surface area contributed by atoms with Gasteiger partial charge >= 0.3 is 0 Å². The average molecular weight is 225 g/mol. The summed E-state index contributed by atoms with van der Waals surface area (Å²) < 4.78 is 0. The molecule has 1 aromatic heterocycles. The number of amides is 1. The second-order valence-electron chi connectivity index (χ2n) is 4.24. The Morgan fingerprint density at radius 2 is 2.47 bits per heavy atom. The molecule has 0 aliphatic heterocycles. The van der Waals surface area contributed by atoms with E-state index in [1.165, 1.54) is 11.3 Å². The van der Waals surface area contributed by atoms with Gasteiger partial charge in [0.15, 0.2) is 0 Å². The predicted molar refractivity (Wildman–Crippen MR) is 59.6 cm³/mol. The third-order valence-electron chi connectivity index (χ3n) is 2.61. The topological polar surface area (TPSA) is 49.3 Å². The lowest BCUT2D eigenvalue weighted by Crippen LogP contribution is -2.38. The van der Waals surface area contributed by atoms with Crippen molar-refractivity contribution in [3.63, 3.8) is 0 Å². The molecule has 2 rings (SSSR count). The molecule has 0 aromatic carbocycles. The number of aliphatic hydroxyl groups is 1. The zero-order valence-electron chi connectivity index (χ0n) is 8.69. The van der Waals surface area contributed by atoms with E-state index in [4.69, 9.17) is 0 Å². The number of rotatable bonds is 4. The molecule has 1 atom stereocenters. The highest BCUT2D eigenvalue weighted by atomic mass is 32.1. The highest BCUT2D eigenvalue weighted by Gasteiger charge is 2.32. The van der Waals surface area contributed by atoms with Crippen LogP contribution in [0.15, 0.2) is 17.5 Å². The van der Waals surface area contributed by atoms with Crippen LogP contribution >= 0.6 is 11.3 Å². The van der Waals surface area contributed by atoms with Crippen molar-refractivity contribution in [3.8, 4) is 0 Å². The van der Waals surface area contributed by atoms with E-state index in [-0.39, 0.29) is 11.8 Å². The number of nitrogens with one attached hydrogen (secondary N) is 1. The van der Waals surface area contributed by atoms with Gasteiger partial charge in [-0.3, -0.25) is 4.79 Å². The molecule has 1 unspecified atom stereocenters. The van der Waals surface area contributed by atoms with Crippen LogP contribution in [-0.2, 0) is 10.4 Å². The Morgan fingerprint density at radius 3 is 3.00 bits per heavy atom. The third kappa shape index (κ3) is 2.58. The Hall–Kier alpha value is -0.870. The van der Waals surface area contributed by atoms with E-state index in [1.807, 2.05) is 17.5 Å². The Kier molecular flexibility index (Phi) is 2.80. The van der Waals surface area contributed by atoms with Gasteiger partial charge in [-0.15, -0.1) is 11.3 Å². The van der Waals surface area contributed by atoms with E-state index in [9.17, 15) is 9.90 Å². The van der Waals surface area contributed by atoms with Crippen molar-refractivity contribution >= 4 is 17.2 Å². The minimum absolute atomic E-state index is 0.0758. The Labute approximate surface area is 93.1 Å². The summed E-state index contributed by atoms with van der Waals surface area (Å²) in [5.41, 5.74) is -0.946. The second-order valence-corrected chi connectivity index (χ2v) is 5.19. The van der Waals surface area contributed by atoms with Gasteiger partial charge in [0.2, 0.25) is 5.91 Å². The van der Waals surface area contributed by atoms with E-state index in [2.05, 4.69) is 5.32 Å². The predicted octanol–water partition coefficient (Wildman–Crippen LogP) is 1.48. The maximum absolute atomic E-state index is 11.4. The fourth-order valence-electron chi connectivity index (χ4n) is 1.42. The van der Waals surface area contributed by atoms with Crippen LogP contribution in [0.3, 0.4) is 0 Å². The molecule has 1 heterocycles. The zero-order chi connectivity index (χ0) is 10.9. The molecule has 1 saturated carbocycles. The lowest BCUT2D eigenvalue weighted by Gasteiger charge is -2.22. The van der Waals surface area contributed by atoms with Crippen LogP contribution in [-0.4, -0.2) is 17.6 Å². The normalized spacial score (nSPS) is 19.6. The highest BCUT2D eigenvalue weighted by molar-refractivity contribution is 7.10. The van der Waals surface area contributed by atoms with Crippen molar-refractivity contribution in [2.24, 2.45) is 5.92 Å². The molecule has 0 radical (unpaired) electrons. The lowest BCUT2D eigenvalue weighted by atomic mass is 10.1. The molecule has 0 spiro atoms. The van der Waals surface area contributed by atoms with Crippen LogP contribution in [0, 0.1) is 5.92 Å². The highest BCUT2D eigenvalue weighted by Crippen LogP contribution is 2.29. The molecule has 1 aromatic rings. The molecule has 15 heavy (non-hydrogen) atoms. The van der Waals surface area contributed by atoms with Crippen LogP contribution in [0.5, 0.6) is 0 Å². The Balaban J connectivity index is 1.89. The smallest absolute Gasteiger partial charge is 0.223 e. The molecule has 1 amide bonds. The maximum Gasteiger partial charge on any atom is 0.223 e. The second kappa shape index (κ2) is 3.94. The fourth-order valence-corrected chi connectivity index (χ4v) is 2.21. The van der Waals surface area contributed by atoms with Gasteiger partial charge in [0.25, 0.3) is 0 Å². The number of carbonyl (C=O) groups excluding carboxylic acids is 1. The van der Waals surface area contributed by atoms with E-state index in [1.54, 1.807) is 6.92 Å². The summed E-state index contributed by atoms with van der Waals surface area (Å²) in [6, 6.07) is 3.78. The van der Waals surface area contributed by atoms with E-state index in [0.29, 0.717) is 6.54 Å². The van der Waals surface area contributed by atoms with Crippen molar-refractivity contribution in [3.05, 3.63) is 22.4 Å². The minimum atomic E-state index is -0.946. The molecule has 2 N–H and O–H groups in total. The summed E-state index contributed by atoms with van der Waals surface area (Å²) in [6.07, 6.45) is 1.99. The molecule has 82 valence electrons. The molecule has 0 bridgehead atoms. The number of carbonyl (C=O) groups is 1. The van der Waals surface area contributed by atoms with Crippen LogP contribution in [0.2, 0.25) is 0 Å². The summed E-state index contributed by atoms with van der Waals surface area (Å²) in [6.45, 7) is 2.02. The molecule has 0 saturated heterocycles. The third-order valence-corrected chi connectivity index (χ3v) is 3.73.